The summed E-state index contributed by atoms with van der Waals surface area (Å²) in [5.74, 6) is 0.0383. The number of carbonyl (C=O) groups excluding carboxylic acids is 1. The van der Waals surface area contributed by atoms with Gasteiger partial charge in [0.15, 0.2) is 0 Å². The number of rotatable bonds is 6. The molecule has 0 aromatic carbocycles. The highest BCUT2D eigenvalue weighted by molar-refractivity contribution is 7.16. The molecule has 0 radical (unpaired) electrons. The van der Waals surface area contributed by atoms with Gasteiger partial charge in [0, 0.05) is 17.5 Å². The first-order chi connectivity index (χ1) is 7.58. The van der Waals surface area contributed by atoms with Crippen molar-refractivity contribution in [1.29, 1.82) is 0 Å². The van der Waals surface area contributed by atoms with Crippen LogP contribution in [-0.2, 0) is 11.2 Å². The van der Waals surface area contributed by atoms with E-state index in [9.17, 15) is 4.79 Å². The van der Waals surface area contributed by atoms with Crippen molar-refractivity contribution in [2.24, 2.45) is 0 Å². The molecule has 0 atom stereocenters. The smallest absolute Gasteiger partial charge is 0.233 e. The van der Waals surface area contributed by atoms with Crippen molar-refractivity contribution in [3.63, 3.8) is 0 Å². The van der Waals surface area contributed by atoms with Crippen LogP contribution in [0.25, 0.3) is 0 Å². The van der Waals surface area contributed by atoms with Gasteiger partial charge in [-0.05, 0) is 18.6 Å². The molecule has 0 aliphatic heterocycles. The molecule has 0 saturated carbocycles. The maximum Gasteiger partial charge on any atom is 0.233 e. The summed E-state index contributed by atoms with van der Waals surface area (Å²) in [5.41, 5.74) is 0. The molecule has 0 unspecified atom stereocenters. The van der Waals surface area contributed by atoms with Crippen LogP contribution < -0.4 is 10.6 Å². The molecule has 0 saturated heterocycles. The van der Waals surface area contributed by atoms with Crippen LogP contribution in [0.2, 0.25) is 4.34 Å². The quantitative estimate of drug-likeness (QED) is 0.822. The molecule has 1 aromatic heterocycles. The van der Waals surface area contributed by atoms with Gasteiger partial charge in [-0.3, -0.25) is 4.79 Å². The largest absolute Gasteiger partial charge is 0.355 e. The third-order valence-electron chi connectivity index (χ3n) is 1.99. The fourth-order valence-corrected chi connectivity index (χ4v) is 2.26. The average molecular weight is 261 g/mol. The second-order valence-corrected chi connectivity index (χ2v) is 5.64. The van der Waals surface area contributed by atoms with Gasteiger partial charge in [0.2, 0.25) is 5.91 Å². The number of nitrogens with one attached hydrogen (secondary N) is 2. The average Bonchev–Trinajstić information content (AvgIpc) is 2.61. The molecule has 0 aliphatic carbocycles. The number of hydrogen-bond donors (Lipinski definition) is 2. The Bertz CT molecular complexity index is 338. The summed E-state index contributed by atoms with van der Waals surface area (Å²) in [6, 6.07) is 4.21. The van der Waals surface area contributed by atoms with E-state index in [0.29, 0.717) is 19.1 Å². The molecule has 1 amide bonds. The second kappa shape index (κ2) is 6.89. The van der Waals surface area contributed by atoms with E-state index in [2.05, 4.69) is 10.6 Å². The molecule has 0 fully saturated rings. The van der Waals surface area contributed by atoms with Crippen molar-refractivity contribution in [2.75, 3.05) is 13.1 Å². The Balaban J connectivity index is 2.13. The molecule has 1 aromatic rings. The number of thiophene rings is 1. The Hall–Kier alpha value is -0.580. The van der Waals surface area contributed by atoms with E-state index in [1.165, 1.54) is 4.88 Å². The number of halogens is 1. The van der Waals surface area contributed by atoms with Crippen molar-refractivity contribution >= 4 is 28.8 Å². The van der Waals surface area contributed by atoms with E-state index < -0.39 is 0 Å². The molecular weight excluding hydrogens is 244 g/mol. The van der Waals surface area contributed by atoms with Crippen LogP contribution in [0.1, 0.15) is 18.7 Å². The minimum absolute atomic E-state index is 0.0383. The van der Waals surface area contributed by atoms with Crippen LogP contribution in [0.3, 0.4) is 0 Å². The molecule has 0 bridgehead atoms. The Morgan fingerprint density at radius 1 is 1.50 bits per heavy atom. The highest BCUT2D eigenvalue weighted by Crippen LogP contribution is 2.21. The highest BCUT2D eigenvalue weighted by Gasteiger charge is 2.02. The van der Waals surface area contributed by atoms with E-state index >= 15 is 0 Å². The lowest BCUT2D eigenvalue weighted by molar-refractivity contribution is -0.120. The van der Waals surface area contributed by atoms with Crippen LogP contribution in [0.5, 0.6) is 0 Å². The standard InChI is InChI=1S/C11H17ClN2OS/c1-8(2)14-7-11(15)13-6-5-9-3-4-10(12)16-9/h3-4,8,14H,5-7H2,1-2H3,(H,13,15). The fraction of sp³-hybridized carbons (Fsp3) is 0.545. The number of hydrogen-bond acceptors (Lipinski definition) is 3. The number of amides is 1. The molecule has 5 heteroatoms. The van der Waals surface area contributed by atoms with Gasteiger partial charge in [0.05, 0.1) is 10.9 Å². The summed E-state index contributed by atoms with van der Waals surface area (Å²) in [4.78, 5) is 12.5. The fourth-order valence-electron chi connectivity index (χ4n) is 1.17. The third kappa shape index (κ3) is 5.49. The van der Waals surface area contributed by atoms with Gasteiger partial charge in [0.1, 0.15) is 0 Å². The lowest BCUT2D eigenvalue weighted by Gasteiger charge is -2.08. The maximum absolute atomic E-state index is 11.3. The molecule has 1 rings (SSSR count). The zero-order valence-electron chi connectivity index (χ0n) is 9.55. The summed E-state index contributed by atoms with van der Waals surface area (Å²) in [6.45, 7) is 5.07. The van der Waals surface area contributed by atoms with Crippen LogP contribution in [0, 0.1) is 0 Å². The van der Waals surface area contributed by atoms with Gasteiger partial charge in [-0.1, -0.05) is 25.4 Å². The van der Waals surface area contributed by atoms with E-state index in [1.807, 2.05) is 26.0 Å². The molecule has 1 heterocycles. The minimum atomic E-state index is 0.0383. The van der Waals surface area contributed by atoms with Crippen molar-refractivity contribution in [3.8, 4) is 0 Å². The molecular formula is C11H17ClN2OS. The highest BCUT2D eigenvalue weighted by atomic mass is 35.5. The van der Waals surface area contributed by atoms with Gasteiger partial charge in [-0.25, -0.2) is 0 Å². The summed E-state index contributed by atoms with van der Waals surface area (Å²) < 4.78 is 0.794. The van der Waals surface area contributed by atoms with Gasteiger partial charge in [-0.15, -0.1) is 11.3 Å². The van der Waals surface area contributed by atoms with Crippen molar-refractivity contribution in [1.82, 2.24) is 10.6 Å². The molecule has 16 heavy (non-hydrogen) atoms. The van der Waals surface area contributed by atoms with Gasteiger partial charge < -0.3 is 10.6 Å². The molecule has 0 aliphatic rings. The predicted octanol–water partition coefficient (Wildman–Crippen LogP) is 2.06. The van der Waals surface area contributed by atoms with E-state index in [-0.39, 0.29) is 5.91 Å². The van der Waals surface area contributed by atoms with Crippen molar-refractivity contribution in [3.05, 3.63) is 21.3 Å². The van der Waals surface area contributed by atoms with E-state index in [0.717, 1.165) is 10.8 Å². The molecule has 90 valence electrons. The lowest BCUT2D eigenvalue weighted by atomic mass is 10.3. The lowest BCUT2D eigenvalue weighted by Crippen LogP contribution is -2.37. The van der Waals surface area contributed by atoms with E-state index in [4.69, 9.17) is 11.6 Å². The van der Waals surface area contributed by atoms with E-state index in [1.54, 1.807) is 11.3 Å². The van der Waals surface area contributed by atoms with Crippen molar-refractivity contribution in [2.45, 2.75) is 26.3 Å². The Labute approximate surface area is 105 Å². The van der Waals surface area contributed by atoms with Gasteiger partial charge >= 0.3 is 0 Å². The van der Waals surface area contributed by atoms with Crippen LogP contribution in [-0.4, -0.2) is 25.0 Å². The Kier molecular flexibility index (Phi) is 5.80. The summed E-state index contributed by atoms with van der Waals surface area (Å²) >= 11 is 7.36. The normalized spacial score (nSPS) is 10.8. The topological polar surface area (TPSA) is 41.1 Å². The van der Waals surface area contributed by atoms with Crippen LogP contribution >= 0.6 is 22.9 Å². The second-order valence-electron chi connectivity index (χ2n) is 3.84. The first-order valence-corrected chi connectivity index (χ1v) is 6.51. The Morgan fingerprint density at radius 3 is 2.81 bits per heavy atom. The summed E-state index contributed by atoms with van der Waals surface area (Å²) in [5, 5.41) is 5.93. The maximum atomic E-state index is 11.3. The predicted molar refractivity (Wildman–Crippen MR) is 69.2 cm³/mol. The number of carbonyl (C=O) groups is 1. The third-order valence-corrected chi connectivity index (χ3v) is 3.28. The van der Waals surface area contributed by atoms with Crippen molar-refractivity contribution < 1.29 is 4.79 Å². The SMILES string of the molecule is CC(C)NCC(=O)NCCc1ccc(Cl)s1. The van der Waals surface area contributed by atoms with Gasteiger partial charge in [-0.2, -0.15) is 0 Å². The molecule has 0 spiro atoms. The zero-order chi connectivity index (χ0) is 12.0. The molecule has 2 N–H and O–H groups in total. The minimum Gasteiger partial charge on any atom is -0.355 e. The first kappa shape index (κ1) is 13.5. The van der Waals surface area contributed by atoms with Crippen LogP contribution in [0.15, 0.2) is 12.1 Å². The first-order valence-electron chi connectivity index (χ1n) is 5.32. The Morgan fingerprint density at radius 2 is 2.25 bits per heavy atom. The summed E-state index contributed by atoms with van der Waals surface area (Å²) in [7, 11) is 0. The monoisotopic (exact) mass is 260 g/mol. The zero-order valence-corrected chi connectivity index (χ0v) is 11.1. The summed E-state index contributed by atoms with van der Waals surface area (Å²) in [6.07, 6.45) is 0.838. The van der Waals surface area contributed by atoms with Crippen LogP contribution in [0.4, 0.5) is 0 Å². The molecule has 3 nitrogen and oxygen atoms in total. The van der Waals surface area contributed by atoms with Gasteiger partial charge in [0.25, 0.3) is 0 Å².